The van der Waals surface area contributed by atoms with Gasteiger partial charge in [-0.05, 0) is 67.5 Å². The average Bonchev–Trinajstić information content (AvgIpc) is 3.29. The molecule has 2 aromatic heterocycles. The van der Waals surface area contributed by atoms with Crippen LogP contribution in [0.5, 0.6) is 0 Å². The minimum Gasteiger partial charge on any atom is -0.431 e. The molecule has 0 aliphatic heterocycles. The lowest BCUT2D eigenvalue weighted by atomic mass is 9.64. The van der Waals surface area contributed by atoms with Gasteiger partial charge in [0, 0.05) is 17.2 Å². The molecule has 0 amide bonds. The van der Waals surface area contributed by atoms with E-state index in [4.69, 9.17) is 14.4 Å². The van der Waals surface area contributed by atoms with Gasteiger partial charge >= 0.3 is 0 Å². The molecular weight excluding hydrogens is 418 g/mol. The van der Waals surface area contributed by atoms with E-state index in [1.807, 2.05) is 24.3 Å². The monoisotopic (exact) mass is 443 g/mol. The lowest BCUT2D eigenvalue weighted by Crippen LogP contribution is -2.44. The van der Waals surface area contributed by atoms with Crippen molar-refractivity contribution in [2.75, 3.05) is 0 Å². The molecule has 2 aliphatic carbocycles. The van der Waals surface area contributed by atoms with E-state index >= 15 is 0 Å². The van der Waals surface area contributed by atoms with Crippen molar-refractivity contribution in [2.24, 2.45) is 5.41 Å². The number of carbonyl (C=O) groups excluding carboxylic acids is 1. The summed E-state index contributed by atoms with van der Waals surface area (Å²) in [7, 11) is 0. The van der Waals surface area contributed by atoms with E-state index in [9.17, 15) is 4.79 Å². The molecule has 2 unspecified atom stereocenters. The molecule has 2 bridgehead atoms. The Kier molecular flexibility index (Phi) is 3.85. The maximum Gasteiger partial charge on any atom is 0.264 e. The van der Waals surface area contributed by atoms with Gasteiger partial charge < -0.3 is 4.42 Å². The Balaban J connectivity index is 1.52. The highest BCUT2D eigenvalue weighted by Crippen LogP contribution is 2.71. The topological polar surface area (TPSA) is 68.9 Å². The molecule has 0 saturated heterocycles. The summed E-state index contributed by atoms with van der Waals surface area (Å²) in [5, 5.41) is 0.442. The fraction of sp³-hybridized carbons (Fsp3) is 0.385. The molecule has 2 aliphatic rings. The van der Waals surface area contributed by atoms with Crippen molar-refractivity contribution in [3.8, 4) is 0 Å². The van der Waals surface area contributed by atoms with E-state index in [2.05, 4.69) is 51.7 Å². The van der Waals surface area contributed by atoms with Crippen molar-refractivity contribution in [2.45, 2.75) is 63.5 Å². The van der Waals surface area contributed by atoms with Crippen LogP contribution < -0.4 is 0 Å². The standard InChI is InChI=1S/C26H25N3O2S/c1-14-12-17-18(13-15(14)2)28-21-20(27-17)25(5)10-11-26(21,24(25,3)4)22(30)32-23-29-16-8-6-7-9-19(16)31-23/h6-9,12-13H,10-11H2,1-5H3. The maximum absolute atomic E-state index is 14.0. The van der Waals surface area contributed by atoms with E-state index in [1.54, 1.807) is 0 Å². The van der Waals surface area contributed by atoms with E-state index in [-0.39, 0.29) is 15.9 Å². The molecule has 0 radical (unpaired) electrons. The van der Waals surface area contributed by atoms with Crippen LogP contribution in [0.1, 0.15) is 56.1 Å². The minimum absolute atomic E-state index is 0.0500. The number of carbonyl (C=O) groups is 1. The number of fused-ring (bicyclic) bond motifs is 7. The molecule has 4 aromatic rings. The molecule has 2 heterocycles. The molecule has 2 atom stereocenters. The summed E-state index contributed by atoms with van der Waals surface area (Å²) in [6, 6.07) is 11.8. The summed E-state index contributed by atoms with van der Waals surface area (Å²) in [5.74, 6) is 0. The Morgan fingerprint density at radius 2 is 1.56 bits per heavy atom. The molecule has 6 rings (SSSR count). The molecule has 6 heteroatoms. The van der Waals surface area contributed by atoms with Gasteiger partial charge in [-0.25, -0.2) is 15.0 Å². The van der Waals surface area contributed by atoms with Gasteiger partial charge in [0.2, 0.25) is 5.12 Å². The number of thioether (sulfide) groups is 1. The zero-order valence-electron chi connectivity index (χ0n) is 18.9. The van der Waals surface area contributed by atoms with Crippen molar-refractivity contribution in [3.63, 3.8) is 0 Å². The first-order valence-corrected chi connectivity index (χ1v) is 11.9. The zero-order chi connectivity index (χ0) is 22.5. The van der Waals surface area contributed by atoms with Crippen LogP contribution in [-0.4, -0.2) is 20.1 Å². The number of aryl methyl sites for hydroxylation is 2. The lowest BCUT2D eigenvalue weighted by Gasteiger charge is -2.39. The number of aromatic nitrogens is 3. The maximum atomic E-state index is 14.0. The van der Waals surface area contributed by atoms with Crippen LogP contribution in [0.4, 0.5) is 0 Å². The van der Waals surface area contributed by atoms with Crippen LogP contribution in [0.3, 0.4) is 0 Å². The van der Waals surface area contributed by atoms with Gasteiger partial charge in [-0.3, -0.25) is 4.79 Å². The molecule has 5 nitrogen and oxygen atoms in total. The van der Waals surface area contributed by atoms with Crippen molar-refractivity contribution in [3.05, 3.63) is 58.9 Å². The number of benzene rings is 2. The van der Waals surface area contributed by atoms with Gasteiger partial charge in [0.25, 0.3) is 5.22 Å². The Morgan fingerprint density at radius 3 is 2.25 bits per heavy atom. The molecule has 1 fully saturated rings. The predicted octanol–water partition coefficient (Wildman–Crippen LogP) is 6.04. The Labute approximate surface area is 191 Å². The van der Waals surface area contributed by atoms with Crippen molar-refractivity contribution < 1.29 is 9.21 Å². The summed E-state index contributed by atoms with van der Waals surface area (Å²) in [6.07, 6.45) is 1.68. The average molecular weight is 444 g/mol. The number of para-hydroxylation sites is 2. The molecule has 1 saturated carbocycles. The summed E-state index contributed by atoms with van der Waals surface area (Å²) in [4.78, 5) is 28.8. The second kappa shape index (κ2) is 6.19. The van der Waals surface area contributed by atoms with Crippen LogP contribution in [0.2, 0.25) is 0 Å². The number of oxazole rings is 1. The van der Waals surface area contributed by atoms with Gasteiger partial charge in [0.1, 0.15) is 5.52 Å². The lowest BCUT2D eigenvalue weighted by molar-refractivity contribution is -0.119. The third kappa shape index (κ3) is 2.26. The SMILES string of the molecule is Cc1cc2nc3c(nc2cc1C)C1(C(=O)Sc2nc4ccccc4o2)CCC3(C)C1(C)C. The van der Waals surface area contributed by atoms with E-state index < -0.39 is 5.41 Å². The quantitative estimate of drug-likeness (QED) is 0.352. The third-order valence-electron chi connectivity index (χ3n) is 8.46. The molecule has 2 aromatic carbocycles. The molecule has 0 spiro atoms. The Hall–Kier alpha value is -2.73. The van der Waals surface area contributed by atoms with Crippen LogP contribution in [-0.2, 0) is 15.6 Å². The predicted molar refractivity (Wildman–Crippen MR) is 126 cm³/mol. The highest BCUT2D eigenvalue weighted by Gasteiger charge is 2.73. The van der Waals surface area contributed by atoms with Crippen LogP contribution in [0, 0.1) is 19.3 Å². The second-order valence-corrected chi connectivity index (χ2v) is 11.0. The molecule has 32 heavy (non-hydrogen) atoms. The summed E-state index contributed by atoms with van der Waals surface area (Å²) < 4.78 is 5.88. The number of hydrogen-bond acceptors (Lipinski definition) is 6. The van der Waals surface area contributed by atoms with Gasteiger partial charge in [-0.15, -0.1) is 0 Å². The number of nitrogens with zero attached hydrogens (tertiary/aromatic N) is 3. The third-order valence-corrected chi connectivity index (χ3v) is 9.34. The summed E-state index contributed by atoms with van der Waals surface area (Å²) >= 11 is 1.11. The van der Waals surface area contributed by atoms with Crippen molar-refractivity contribution >= 4 is 39.0 Å². The van der Waals surface area contributed by atoms with Crippen LogP contribution in [0.15, 0.2) is 46.0 Å². The van der Waals surface area contributed by atoms with E-state index in [0.29, 0.717) is 10.8 Å². The fourth-order valence-corrected chi connectivity index (χ4v) is 6.93. The van der Waals surface area contributed by atoms with Gasteiger partial charge in [-0.2, -0.15) is 0 Å². The smallest absolute Gasteiger partial charge is 0.264 e. The zero-order valence-corrected chi connectivity index (χ0v) is 19.8. The van der Waals surface area contributed by atoms with E-state index in [1.165, 1.54) is 11.1 Å². The number of hydrogen-bond donors (Lipinski definition) is 0. The minimum atomic E-state index is -0.720. The second-order valence-electron chi connectivity index (χ2n) is 10.0. The van der Waals surface area contributed by atoms with E-state index in [0.717, 1.165) is 52.5 Å². The van der Waals surface area contributed by atoms with Crippen LogP contribution in [0.25, 0.3) is 22.1 Å². The van der Waals surface area contributed by atoms with Crippen molar-refractivity contribution in [1.82, 2.24) is 15.0 Å². The fourth-order valence-electron chi connectivity index (χ4n) is 5.87. The highest BCUT2D eigenvalue weighted by molar-refractivity contribution is 8.13. The largest absolute Gasteiger partial charge is 0.431 e. The Bertz CT molecular complexity index is 1420. The normalized spacial score (nSPS) is 25.5. The van der Waals surface area contributed by atoms with Gasteiger partial charge in [-0.1, -0.05) is 32.9 Å². The summed E-state index contributed by atoms with van der Waals surface area (Å²) in [6.45, 7) is 10.8. The molecular formula is C26H25N3O2S. The first-order valence-electron chi connectivity index (χ1n) is 11.1. The number of rotatable bonds is 2. The first-order chi connectivity index (χ1) is 15.2. The highest BCUT2D eigenvalue weighted by atomic mass is 32.2. The van der Waals surface area contributed by atoms with Crippen LogP contribution >= 0.6 is 11.8 Å². The molecule has 162 valence electrons. The van der Waals surface area contributed by atoms with Gasteiger partial charge in [0.05, 0.1) is 27.8 Å². The summed E-state index contributed by atoms with van der Waals surface area (Å²) in [5.41, 5.74) is 6.19. The Morgan fingerprint density at radius 1 is 0.906 bits per heavy atom. The van der Waals surface area contributed by atoms with Gasteiger partial charge in [0.15, 0.2) is 5.58 Å². The van der Waals surface area contributed by atoms with Crippen molar-refractivity contribution in [1.29, 1.82) is 0 Å². The molecule has 0 N–H and O–H groups in total. The first kappa shape index (κ1) is 19.9.